The number of amides is 5. The van der Waals surface area contributed by atoms with Crippen LogP contribution >= 0.6 is 0 Å². The van der Waals surface area contributed by atoms with E-state index >= 15 is 0 Å². The Labute approximate surface area is 324 Å². The summed E-state index contributed by atoms with van der Waals surface area (Å²) in [4.78, 5) is 88.1. The minimum Gasteiger partial charge on any atom is -0.490 e. The Morgan fingerprint density at radius 1 is 0.855 bits per heavy atom. The van der Waals surface area contributed by atoms with E-state index in [0.29, 0.717) is 37.2 Å². The largest absolute Gasteiger partial charge is 0.490 e. The summed E-state index contributed by atoms with van der Waals surface area (Å²) in [5.74, 6) is -3.18. The predicted octanol–water partition coefficient (Wildman–Crippen LogP) is 3.44. The highest BCUT2D eigenvalue weighted by molar-refractivity contribution is 5.97. The molecule has 2 aromatic rings. The Morgan fingerprint density at radius 2 is 1.51 bits per heavy atom. The van der Waals surface area contributed by atoms with Gasteiger partial charge in [-0.15, -0.1) is 0 Å². The second-order valence-corrected chi connectivity index (χ2v) is 14.9. The van der Waals surface area contributed by atoms with Gasteiger partial charge in [-0.25, -0.2) is 4.79 Å². The fourth-order valence-electron chi connectivity index (χ4n) is 6.90. The number of allylic oxidation sites excluding steroid dienone is 1. The minimum absolute atomic E-state index is 0.0457. The molecule has 2 aromatic carbocycles. The van der Waals surface area contributed by atoms with Crippen molar-refractivity contribution in [3.63, 3.8) is 0 Å². The molecule has 0 saturated carbocycles. The zero-order valence-electron chi connectivity index (χ0n) is 33.4. The molecule has 298 valence electrons. The number of likely N-dealkylation sites (N-methyl/N-ethyl adjacent to an activating group) is 2. The Morgan fingerprint density at radius 3 is 2.15 bits per heavy atom. The lowest BCUT2D eigenvalue weighted by atomic mass is 9.95. The molecule has 55 heavy (non-hydrogen) atoms. The second kappa shape index (κ2) is 19.4. The topological polar surface area (TPSA) is 155 Å². The summed E-state index contributed by atoms with van der Waals surface area (Å²) in [6, 6.07) is 11.0. The third-order valence-electron chi connectivity index (χ3n) is 10.6. The zero-order valence-corrected chi connectivity index (χ0v) is 33.4. The van der Waals surface area contributed by atoms with Crippen molar-refractivity contribution >= 4 is 35.5 Å². The predicted molar refractivity (Wildman–Crippen MR) is 208 cm³/mol. The van der Waals surface area contributed by atoms with Crippen molar-refractivity contribution in [2.24, 2.45) is 5.92 Å². The first-order valence-corrected chi connectivity index (χ1v) is 19.2. The lowest BCUT2D eigenvalue weighted by Crippen LogP contribution is -2.60. The van der Waals surface area contributed by atoms with E-state index in [4.69, 9.17) is 9.47 Å². The van der Waals surface area contributed by atoms with Gasteiger partial charge >= 0.3 is 5.97 Å². The van der Waals surface area contributed by atoms with Gasteiger partial charge in [-0.05, 0) is 75.8 Å². The average molecular weight is 760 g/mol. The van der Waals surface area contributed by atoms with E-state index in [0.717, 1.165) is 11.1 Å². The summed E-state index contributed by atoms with van der Waals surface area (Å²) in [5, 5.41) is 5.67. The van der Waals surface area contributed by atoms with E-state index in [-0.39, 0.29) is 25.3 Å². The maximum atomic E-state index is 14.4. The van der Waals surface area contributed by atoms with E-state index in [2.05, 4.69) is 10.6 Å². The van der Waals surface area contributed by atoms with Gasteiger partial charge in [0.25, 0.3) is 5.91 Å². The number of nitrogens with zero attached hydrogens (tertiary/aromatic N) is 3. The molecule has 0 unspecified atom stereocenters. The van der Waals surface area contributed by atoms with Crippen LogP contribution < -0.4 is 15.4 Å². The molecule has 0 aromatic heterocycles. The van der Waals surface area contributed by atoms with Gasteiger partial charge in [-0.1, -0.05) is 68.3 Å². The van der Waals surface area contributed by atoms with Crippen LogP contribution in [0, 0.1) is 5.92 Å². The van der Waals surface area contributed by atoms with Gasteiger partial charge in [-0.2, -0.15) is 0 Å². The molecule has 0 bridgehead atoms. The molecule has 4 rings (SSSR count). The summed E-state index contributed by atoms with van der Waals surface area (Å²) in [7, 11) is 2.96. The number of hydrogen-bond acceptors (Lipinski definition) is 8. The number of carbonyl (C=O) groups excluding carboxylic acids is 6. The van der Waals surface area contributed by atoms with Crippen molar-refractivity contribution in [3.8, 4) is 5.75 Å². The molecule has 13 nitrogen and oxygen atoms in total. The van der Waals surface area contributed by atoms with Crippen LogP contribution in [-0.2, 0) is 46.3 Å². The molecule has 2 saturated heterocycles. The molecule has 7 atom stereocenters. The number of nitrogens with one attached hydrogen (secondary N) is 2. The van der Waals surface area contributed by atoms with Crippen LogP contribution in [0.2, 0.25) is 0 Å². The fraction of sp³-hybridized carbons (Fsp3) is 0.524. The van der Waals surface area contributed by atoms with Gasteiger partial charge < -0.3 is 34.8 Å². The summed E-state index contributed by atoms with van der Waals surface area (Å²) in [6.07, 6.45) is 2.21. The van der Waals surface area contributed by atoms with E-state index in [9.17, 15) is 28.8 Å². The quantitative estimate of drug-likeness (QED) is 0.291. The smallest absolute Gasteiger partial charge is 0.329 e. The Kier molecular flexibility index (Phi) is 15.0. The Hall–Kier alpha value is -5.20. The van der Waals surface area contributed by atoms with E-state index in [1.807, 2.05) is 64.1 Å². The Balaban J connectivity index is 1.73. The molecule has 5 amide bonds. The van der Waals surface area contributed by atoms with Crippen LogP contribution in [0.4, 0.5) is 0 Å². The lowest BCUT2D eigenvalue weighted by Gasteiger charge is -2.36. The van der Waals surface area contributed by atoms with Gasteiger partial charge in [0.05, 0.1) is 0 Å². The third kappa shape index (κ3) is 10.9. The molecule has 2 aliphatic rings. The molecule has 0 radical (unpaired) electrons. The number of fused-ring (bicyclic) bond motifs is 1. The molecule has 0 aliphatic carbocycles. The summed E-state index contributed by atoms with van der Waals surface area (Å²) in [6.45, 7) is 11.4. The SMILES string of the molecule is CC[C@H](C)[C@H]1C(=O)N[C@@H](Cc2ccc(OCC=C(C)C)cc2)C(=O)N(C)[C@@H](C)C(=O)O[C@H](Cc2ccccc2)C(=O)N2CCC[C@H]2C(=O)N[C@@H](C)C(=O)N1C. The van der Waals surface area contributed by atoms with Gasteiger partial charge in [-0.3, -0.25) is 24.0 Å². The van der Waals surface area contributed by atoms with Crippen LogP contribution in [0.25, 0.3) is 0 Å². The number of benzene rings is 2. The normalized spacial score (nSPS) is 25.3. The number of rotatable bonds is 9. The van der Waals surface area contributed by atoms with Crippen molar-refractivity contribution in [1.29, 1.82) is 0 Å². The molecule has 2 aliphatic heterocycles. The zero-order chi connectivity index (χ0) is 40.4. The molecule has 0 spiro atoms. The number of hydrogen-bond donors (Lipinski definition) is 2. The summed E-state index contributed by atoms with van der Waals surface area (Å²) in [5.41, 5.74) is 2.58. The molecule has 13 heteroatoms. The van der Waals surface area contributed by atoms with E-state index in [1.54, 1.807) is 24.3 Å². The summed E-state index contributed by atoms with van der Waals surface area (Å²) < 4.78 is 11.7. The molecular formula is C42H57N5O8. The van der Waals surface area contributed by atoms with E-state index < -0.39 is 71.8 Å². The van der Waals surface area contributed by atoms with E-state index in [1.165, 1.54) is 42.6 Å². The monoisotopic (exact) mass is 759 g/mol. The average Bonchev–Trinajstić information content (AvgIpc) is 3.67. The molecule has 2 N–H and O–H groups in total. The van der Waals surface area contributed by atoms with Crippen molar-refractivity contribution in [2.45, 2.75) is 110 Å². The first-order valence-electron chi connectivity index (χ1n) is 19.2. The fourth-order valence-corrected chi connectivity index (χ4v) is 6.90. The van der Waals surface area contributed by atoms with Crippen LogP contribution in [0.1, 0.15) is 71.9 Å². The van der Waals surface area contributed by atoms with Crippen molar-refractivity contribution < 1.29 is 38.2 Å². The van der Waals surface area contributed by atoms with Crippen LogP contribution in [0.15, 0.2) is 66.2 Å². The van der Waals surface area contributed by atoms with Gasteiger partial charge in [0, 0.05) is 33.5 Å². The van der Waals surface area contributed by atoms with Gasteiger partial charge in [0.1, 0.15) is 42.6 Å². The molecule has 2 fully saturated rings. The lowest BCUT2D eigenvalue weighted by molar-refractivity contribution is -0.166. The second-order valence-electron chi connectivity index (χ2n) is 14.9. The standard InChI is InChI=1S/C42H57N5O8/c1-9-27(4)36-38(49)44-33(24-31-17-19-32(20-18-31)54-23-21-26(2)3)40(51)45(7)29(6)42(53)55-35(25-30-14-11-10-12-15-30)41(52)47-22-13-16-34(47)37(48)43-28(5)39(50)46(36)8/h10-12,14-15,17-21,27-29,33-36H,9,13,16,22-25H2,1-8H3,(H,43,48)(H,44,49)/t27-,28-,29-,33-,34-,35+,36-/m0/s1. The number of cyclic esters (lactones) is 1. The maximum absolute atomic E-state index is 14.4. The summed E-state index contributed by atoms with van der Waals surface area (Å²) >= 11 is 0. The highest BCUT2D eigenvalue weighted by Crippen LogP contribution is 2.23. The highest BCUT2D eigenvalue weighted by Gasteiger charge is 2.42. The number of ether oxygens (including phenoxy) is 2. The van der Waals surface area contributed by atoms with Crippen molar-refractivity contribution in [2.75, 3.05) is 27.2 Å². The van der Waals surface area contributed by atoms with Crippen LogP contribution in [0.5, 0.6) is 5.75 Å². The Bertz CT molecular complexity index is 1710. The van der Waals surface area contributed by atoms with Crippen molar-refractivity contribution in [1.82, 2.24) is 25.3 Å². The van der Waals surface area contributed by atoms with Crippen LogP contribution in [0.3, 0.4) is 0 Å². The number of esters is 1. The molecule has 2 heterocycles. The number of carbonyl (C=O) groups is 6. The van der Waals surface area contributed by atoms with Crippen LogP contribution in [-0.4, -0.2) is 114 Å². The van der Waals surface area contributed by atoms with Crippen molar-refractivity contribution in [3.05, 3.63) is 77.4 Å². The first kappa shape index (κ1) is 42.5. The molecular weight excluding hydrogens is 702 g/mol. The third-order valence-corrected chi connectivity index (χ3v) is 10.6. The highest BCUT2D eigenvalue weighted by atomic mass is 16.6. The maximum Gasteiger partial charge on any atom is 0.329 e. The van der Waals surface area contributed by atoms with Gasteiger partial charge in [0.15, 0.2) is 6.10 Å². The van der Waals surface area contributed by atoms with Gasteiger partial charge in [0.2, 0.25) is 23.6 Å². The minimum atomic E-state index is -1.29. The first-order chi connectivity index (χ1) is 26.1.